The number of hydrogen-bond acceptors (Lipinski definition) is 15. The molecule has 19 heteroatoms. The average molecular weight is 1450 g/mol. The van der Waals surface area contributed by atoms with Crippen LogP contribution in [0.3, 0.4) is 0 Å². The van der Waals surface area contributed by atoms with E-state index >= 15 is 0 Å². The minimum Gasteiger partial charge on any atom is -0.462 e. The van der Waals surface area contributed by atoms with E-state index in [-0.39, 0.29) is 25.7 Å². The number of phosphoric acid groups is 2. The molecule has 0 aliphatic heterocycles. The van der Waals surface area contributed by atoms with Crippen LogP contribution in [0.5, 0.6) is 0 Å². The zero-order chi connectivity index (χ0) is 72.5. The molecule has 0 aliphatic rings. The maximum Gasteiger partial charge on any atom is 0.472 e. The second kappa shape index (κ2) is 74.3. The number of esters is 4. The lowest BCUT2D eigenvalue weighted by molar-refractivity contribution is -0.161. The van der Waals surface area contributed by atoms with E-state index in [4.69, 9.17) is 37.0 Å². The minimum absolute atomic E-state index is 0.108. The molecule has 0 amide bonds. The van der Waals surface area contributed by atoms with Crippen molar-refractivity contribution in [3.05, 3.63) is 0 Å². The van der Waals surface area contributed by atoms with Crippen molar-refractivity contribution in [3.8, 4) is 0 Å². The summed E-state index contributed by atoms with van der Waals surface area (Å²) < 4.78 is 68.6. The largest absolute Gasteiger partial charge is 0.472 e. The summed E-state index contributed by atoms with van der Waals surface area (Å²) >= 11 is 0. The van der Waals surface area contributed by atoms with Gasteiger partial charge < -0.3 is 33.8 Å². The molecule has 588 valence electrons. The number of rotatable bonds is 81. The minimum atomic E-state index is -4.96. The summed E-state index contributed by atoms with van der Waals surface area (Å²) in [6.07, 6.45) is 66.6. The van der Waals surface area contributed by atoms with E-state index in [2.05, 4.69) is 27.7 Å². The zero-order valence-corrected chi connectivity index (χ0v) is 66.3. The van der Waals surface area contributed by atoms with Crippen LogP contribution in [0.1, 0.15) is 432 Å². The Kier molecular flexibility index (Phi) is 72.9. The van der Waals surface area contributed by atoms with Gasteiger partial charge in [-0.2, -0.15) is 0 Å². The van der Waals surface area contributed by atoms with Crippen molar-refractivity contribution in [2.45, 2.75) is 451 Å². The van der Waals surface area contributed by atoms with Gasteiger partial charge in [0, 0.05) is 25.7 Å². The third-order valence-corrected chi connectivity index (χ3v) is 20.8. The van der Waals surface area contributed by atoms with Gasteiger partial charge in [0.25, 0.3) is 0 Å². The topological polar surface area (TPSA) is 237 Å². The normalized spacial score (nSPS) is 13.8. The molecular weight excluding hydrogens is 1290 g/mol. The highest BCUT2D eigenvalue weighted by Gasteiger charge is 2.30. The molecule has 0 fully saturated rings. The van der Waals surface area contributed by atoms with E-state index < -0.39 is 97.5 Å². The van der Waals surface area contributed by atoms with Crippen LogP contribution in [-0.2, 0) is 65.4 Å². The molecule has 99 heavy (non-hydrogen) atoms. The lowest BCUT2D eigenvalue weighted by Gasteiger charge is -2.21. The van der Waals surface area contributed by atoms with Crippen LogP contribution in [0.15, 0.2) is 0 Å². The Morgan fingerprint density at radius 1 is 0.242 bits per heavy atom. The van der Waals surface area contributed by atoms with Crippen molar-refractivity contribution >= 4 is 39.5 Å². The molecule has 0 radical (unpaired) electrons. The van der Waals surface area contributed by atoms with Crippen molar-refractivity contribution in [1.82, 2.24) is 0 Å². The van der Waals surface area contributed by atoms with Gasteiger partial charge in [-0.3, -0.25) is 37.3 Å². The van der Waals surface area contributed by atoms with Crippen LogP contribution in [0.2, 0.25) is 0 Å². The smallest absolute Gasteiger partial charge is 0.462 e. The predicted octanol–water partition coefficient (Wildman–Crippen LogP) is 24.2. The van der Waals surface area contributed by atoms with Crippen molar-refractivity contribution < 1.29 is 80.2 Å². The lowest BCUT2D eigenvalue weighted by Crippen LogP contribution is -2.30. The van der Waals surface area contributed by atoms with Crippen molar-refractivity contribution in [2.75, 3.05) is 39.6 Å². The van der Waals surface area contributed by atoms with Gasteiger partial charge >= 0.3 is 39.5 Å². The Bertz CT molecular complexity index is 1880. The van der Waals surface area contributed by atoms with Crippen molar-refractivity contribution in [2.24, 2.45) is 0 Å². The third kappa shape index (κ3) is 74.1. The molecule has 5 atom stereocenters. The van der Waals surface area contributed by atoms with Crippen molar-refractivity contribution in [3.63, 3.8) is 0 Å². The van der Waals surface area contributed by atoms with Gasteiger partial charge in [-0.25, -0.2) is 9.13 Å². The first-order valence-electron chi connectivity index (χ1n) is 41.8. The molecule has 0 aromatic carbocycles. The molecule has 0 rings (SSSR count). The molecule has 0 saturated heterocycles. The highest BCUT2D eigenvalue weighted by Crippen LogP contribution is 2.45. The molecule has 0 aliphatic carbocycles. The SMILES string of the molecule is CCCCCCCCCCCCCCCCCCCCCC(=O)O[C@H](COC(=O)CCCCCCCCCCCCCCCCCCCC)COP(=O)(O)OC[C@@H](O)COP(=O)(O)OC[C@@H](COC(=O)CCCCCCCCCCC)OC(=O)CCCCCCCCCCCCCCC. The number of carbonyl (C=O) groups excluding carboxylic acids is 4. The maximum absolute atomic E-state index is 13.1. The molecule has 0 heterocycles. The average Bonchev–Trinajstić information content (AvgIpc) is 2.27. The Morgan fingerprint density at radius 2 is 0.404 bits per heavy atom. The Balaban J connectivity index is 5.21. The highest BCUT2D eigenvalue weighted by atomic mass is 31.2. The molecule has 0 aromatic heterocycles. The van der Waals surface area contributed by atoms with E-state index in [0.717, 1.165) is 89.9 Å². The first-order chi connectivity index (χ1) is 48.2. The second-order valence-electron chi connectivity index (χ2n) is 28.8. The number of aliphatic hydroxyl groups excluding tert-OH is 1. The number of hydrogen-bond donors (Lipinski definition) is 3. The summed E-state index contributed by atoms with van der Waals surface area (Å²) in [6, 6.07) is 0. The van der Waals surface area contributed by atoms with Crippen LogP contribution in [0.25, 0.3) is 0 Å². The van der Waals surface area contributed by atoms with Gasteiger partial charge in [-0.1, -0.05) is 381 Å². The summed E-state index contributed by atoms with van der Waals surface area (Å²) in [7, 11) is -9.91. The van der Waals surface area contributed by atoms with Gasteiger partial charge in [0.2, 0.25) is 0 Å². The first kappa shape index (κ1) is 97.1. The summed E-state index contributed by atoms with van der Waals surface area (Å²) in [5.74, 6) is -2.11. The van der Waals surface area contributed by atoms with E-state index in [1.54, 1.807) is 0 Å². The van der Waals surface area contributed by atoms with E-state index in [9.17, 15) is 43.2 Å². The van der Waals surface area contributed by atoms with Crippen LogP contribution < -0.4 is 0 Å². The van der Waals surface area contributed by atoms with E-state index in [1.807, 2.05) is 0 Å². The molecule has 3 N–H and O–H groups in total. The van der Waals surface area contributed by atoms with Gasteiger partial charge in [-0.05, 0) is 25.7 Å². The van der Waals surface area contributed by atoms with Crippen LogP contribution in [-0.4, -0.2) is 96.7 Å². The lowest BCUT2D eigenvalue weighted by atomic mass is 10.0. The maximum atomic E-state index is 13.1. The zero-order valence-electron chi connectivity index (χ0n) is 64.5. The fraction of sp³-hybridized carbons (Fsp3) is 0.950. The van der Waals surface area contributed by atoms with Crippen molar-refractivity contribution in [1.29, 1.82) is 0 Å². The number of carbonyl (C=O) groups is 4. The van der Waals surface area contributed by atoms with Crippen LogP contribution >= 0.6 is 15.6 Å². The Labute approximate surface area is 607 Å². The van der Waals surface area contributed by atoms with Gasteiger partial charge in [0.1, 0.15) is 19.3 Å². The second-order valence-corrected chi connectivity index (χ2v) is 31.7. The van der Waals surface area contributed by atoms with Crippen LogP contribution in [0, 0.1) is 0 Å². The fourth-order valence-corrected chi connectivity index (χ4v) is 14.0. The highest BCUT2D eigenvalue weighted by molar-refractivity contribution is 7.47. The number of aliphatic hydroxyl groups is 1. The molecule has 0 aromatic rings. The van der Waals surface area contributed by atoms with Gasteiger partial charge in [-0.15, -0.1) is 0 Å². The summed E-state index contributed by atoms with van der Waals surface area (Å²) in [4.78, 5) is 72.9. The summed E-state index contributed by atoms with van der Waals surface area (Å²) in [6.45, 7) is 5.01. The molecular formula is C80H156O17P2. The molecule has 0 spiro atoms. The van der Waals surface area contributed by atoms with E-state index in [1.165, 1.54) is 263 Å². The predicted molar refractivity (Wildman–Crippen MR) is 405 cm³/mol. The molecule has 2 unspecified atom stereocenters. The quantitative estimate of drug-likeness (QED) is 0.0222. The number of unbranched alkanes of at least 4 members (excludes halogenated alkanes) is 55. The summed E-state index contributed by atoms with van der Waals surface area (Å²) in [5.41, 5.74) is 0. The summed E-state index contributed by atoms with van der Waals surface area (Å²) in [5, 5.41) is 10.6. The number of ether oxygens (including phenoxy) is 4. The first-order valence-corrected chi connectivity index (χ1v) is 44.8. The molecule has 0 saturated carbocycles. The third-order valence-electron chi connectivity index (χ3n) is 18.9. The van der Waals surface area contributed by atoms with Crippen LogP contribution in [0.4, 0.5) is 0 Å². The Morgan fingerprint density at radius 3 is 0.596 bits per heavy atom. The molecule has 0 bridgehead atoms. The number of phosphoric ester groups is 2. The monoisotopic (exact) mass is 1450 g/mol. The fourth-order valence-electron chi connectivity index (χ4n) is 12.5. The van der Waals surface area contributed by atoms with Gasteiger partial charge in [0.05, 0.1) is 26.4 Å². The van der Waals surface area contributed by atoms with E-state index in [0.29, 0.717) is 25.7 Å². The Hall–Kier alpha value is -1.94. The standard InChI is InChI=1S/C80H156O17P2/c1-5-9-13-17-21-25-28-31-33-35-37-39-41-44-47-51-55-59-63-67-80(85)97-76(71-91-78(83)65-61-57-53-49-45-43-40-38-36-34-32-29-26-22-18-14-10-6-2)73-95-99(88,89)93-69-74(81)68-92-98(86,87)94-72-75(70-90-77(82)64-60-56-52-48-24-20-16-12-8-4)96-79(84)66-62-58-54-50-46-42-30-27-23-19-15-11-7-3/h74-76,81H,5-73H2,1-4H3,(H,86,87)(H,88,89)/t74-,75+,76+/m0/s1. The molecule has 17 nitrogen and oxygen atoms in total. The van der Waals surface area contributed by atoms with Gasteiger partial charge in [0.15, 0.2) is 12.2 Å².